The van der Waals surface area contributed by atoms with Gasteiger partial charge < -0.3 is 20.9 Å². The maximum Gasteiger partial charge on any atom is 0.297 e. The molecule has 3 aromatic rings. The third-order valence-corrected chi connectivity index (χ3v) is 7.79. The Hall–Kier alpha value is -3.66. The molecule has 0 spiro atoms. The number of nitrogens with one attached hydrogen (secondary N) is 3. The van der Waals surface area contributed by atoms with Crippen LogP contribution in [-0.2, 0) is 19.1 Å². The molecule has 5 rings (SSSR count). The predicted octanol–water partition coefficient (Wildman–Crippen LogP) is 4.39. The summed E-state index contributed by atoms with van der Waals surface area (Å²) in [5, 5.41) is 9.69. The summed E-state index contributed by atoms with van der Waals surface area (Å²) in [5.41, 5.74) is 4.80. The highest BCUT2D eigenvalue weighted by molar-refractivity contribution is 7.86. The fourth-order valence-electron chi connectivity index (χ4n) is 4.55. The lowest BCUT2D eigenvalue weighted by molar-refractivity contribution is -0.110. The quantitative estimate of drug-likeness (QED) is 0.292. The number of carbonyl (C=O) groups excluding carboxylic acids is 1. The normalized spacial score (nSPS) is 16.8. The van der Waals surface area contributed by atoms with Crippen LogP contribution >= 0.6 is 0 Å². The van der Waals surface area contributed by atoms with Crippen LogP contribution in [0.2, 0.25) is 0 Å². The van der Waals surface area contributed by atoms with E-state index in [1.807, 2.05) is 56.3 Å². The van der Waals surface area contributed by atoms with Crippen LogP contribution in [0.5, 0.6) is 0 Å². The lowest BCUT2D eigenvalue weighted by Crippen LogP contribution is -2.43. The lowest BCUT2D eigenvalue weighted by atomic mass is 10.00. The average Bonchev–Trinajstić information content (AvgIpc) is 3.26. The second-order valence-electron chi connectivity index (χ2n) is 9.82. The molecule has 0 aromatic heterocycles. The van der Waals surface area contributed by atoms with Gasteiger partial charge in [0.1, 0.15) is 0 Å². The molecule has 8 nitrogen and oxygen atoms in total. The number of benzene rings is 3. The summed E-state index contributed by atoms with van der Waals surface area (Å²) in [7, 11) is -3.97. The Morgan fingerprint density at radius 2 is 1.71 bits per heavy atom. The van der Waals surface area contributed by atoms with Gasteiger partial charge in [0.15, 0.2) is 0 Å². The fraction of sp³-hybridized carbons (Fsp3) is 0.276. The minimum atomic E-state index is -3.97. The summed E-state index contributed by atoms with van der Waals surface area (Å²) >= 11 is 0. The van der Waals surface area contributed by atoms with Gasteiger partial charge in [0.25, 0.3) is 16.0 Å². The van der Waals surface area contributed by atoms with Gasteiger partial charge in [-0.15, -0.1) is 0 Å². The van der Waals surface area contributed by atoms with Crippen molar-refractivity contribution < 1.29 is 17.4 Å². The van der Waals surface area contributed by atoms with Gasteiger partial charge in [-0.25, -0.2) is 0 Å². The molecule has 3 N–H and O–H groups in total. The third-order valence-electron chi connectivity index (χ3n) is 6.51. The first-order valence-electron chi connectivity index (χ1n) is 12.8. The maximum absolute atomic E-state index is 13.3. The third kappa shape index (κ3) is 5.60. The number of carbonyl (C=O) groups is 1. The smallest absolute Gasteiger partial charge is 0.297 e. The average molecular weight is 533 g/mol. The number of piperazine rings is 1. The Labute approximate surface area is 223 Å². The molecule has 0 aliphatic carbocycles. The molecule has 1 amide bonds. The zero-order chi connectivity index (χ0) is 26.7. The summed E-state index contributed by atoms with van der Waals surface area (Å²) in [5.74, 6) is -0.244. The van der Waals surface area contributed by atoms with Crippen molar-refractivity contribution in [3.8, 4) is 0 Å². The number of hydrogen-bond donors (Lipinski definition) is 3. The predicted molar refractivity (Wildman–Crippen MR) is 151 cm³/mol. The van der Waals surface area contributed by atoms with Crippen LogP contribution in [0.4, 0.5) is 17.1 Å². The first kappa shape index (κ1) is 26.0. The molecule has 1 saturated heterocycles. The molecule has 198 valence electrons. The molecule has 0 unspecified atom stereocenters. The molecular weight excluding hydrogens is 500 g/mol. The molecule has 0 saturated carbocycles. The van der Waals surface area contributed by atoms with Crippen LogP contribution in [0.25, 0.3) is 11.3 Å². The highest BCUT2D eigenvalue weighted by Gasteiger charge is 2.30. The second-order valence-corrected chi connectivity index (χ2v) is 11.4. The summed E-state index contributed by atoms with van der Waals surface area (Å²) in [6.45, 7) is 7.67. The van der Waals surface area contributed by atoms with Crippen LogP contribution < -0.4 is 20.9 Å². The van der Waals surface area contributed by atoms with E-state index < -0.39 is 10.1 Å². The number of amides is 1. The van der Waals surface area contributed by atoms with Crippen molar-refractivity contribution in [3.63, 3.8) is 0 Å². The molecule has 9 heteroatoms. The molecule has 0 atom stereocenters. The molecule has 2 aliphatic rings. The molecule has 1 fully saturated rings. The molecule has 2 aliphatic heterocycles. The van der Waals surface area contributed by atoms with Gasteiger partial charge in [-0.1, -0.05) is 44.2 Å². The van der Waals surface area contributed by atoms with Gasteiger partial charge in [0, 0.05) is 48.8 Å². The Balaban J connectivity index is 1.54. The van der Waals surface area contributed by atoms with Crippen LogP contribution in [-0.4, -0.2) is 47.1 Å². The number of fused-ring (bicyclic) bond motifs is 1. The first-order chi connectivity index (χ1) is 18.3. The summed E-state index contributed by atoms with van der Waals surface area (Å²) in [6.07, 6.45) is 0. The van der Waals surface area contributed by atoms with E-state index in [1.165, 1.54) is 12.1 Å². The Morgan fingerprint density at radius 1 is 1.00 bits per heavy atom. The van der Waals surface area contributed by atoms with E-state index in [0.717, 1.165) is 43.1 Å². The van der Waals surface area contributed by atoms with Crippen LogP contribution in [0.3, 0.4) is 0 Å². The van der Waals surface area contributed by atoms with Crippen molar-refractivity contribution in [1.29, 1.82) is 0 Å². The number of nitrogens with zero attached hydrogens (tertiary/aromatic N) is 1. The Bertz CT molecular complexity index is 1450. The molecule has 0 radical (unpaired) electrons. The minimum absolute atomic E-state index is 0.0127. The van der Waals surface area contributed by atoms with E-state index in [9.17, 15) is 13.2 Å². The summed E-state index contributed by atoms with van der Waals surface area (Å²) in [4.78, 5) is 15.6. The Morgan fingerprint density at radius 3 is 2.39 bits per heavy atom. The fourth-order valence-corrected chi connectivity index (χ4v) is 5.63. The zero-order valence-electron chi connectivity index (χ0n) is 21.5. The highest BCUT2D eigenvalue weighted by Crippen LogP contribution is 2.39. The van der Waals surface area contributed by atoms with E-state index in [2.05, 4.69) is 33.0 Å². The van der Waals surface area contributed by atoms with Crippen LogP contribution in [0, 0.1) is 5.92 Å². The SMILES string of the molecule is CC(C)COS(=O)(=O)c1ccc2c(c1)/C(=C(/Nc1ccc(N3CCNCC3)cc1)c1ccccc1)C(=O)N2. The minimum Gasteiger partial charge on any atom is -0.369 e. The molecule has 3 aromatic carbocycles. The van der Waals surface area contributed by atoms with Gasteiger partial charge in [0.05, 0.1) is 22.8 Å². The largest absolute Gasteiger partial charge is 0.369 e. The monoisotopic (exact) mass is 532 g/mol. The standard InChI is InChI=1S/C29H32N4O4S/c1-20(2)19-37-38(35,36)24-12-13-26-25(18-24)27(29(34)32-26)28(21-6-4-3-5-7-21)31-22-8-10-23(11-9-22)33-16-14-30-15-17-33/h3-13,18,20,30-31H,14-17,19H2,1-2H3,(H,32,34)/b28-27-. The maximum atomic E-state index is 13.3. The topological polar surface area (TPSA) is 99.8 Å². The highest BCUT2D eigenvalue weighted by atomic mass is 32.2. The summed E-state index contributed by atoms with van der Waals surface area (Å²) < 4.78 is 30.9. The van der Waals surface area contributed by atoms with Crippen molar-refractivity contribution in [1.82, 2.24) is 5.32 Å². The van der Waals surface area contributed by atoms with Gasteiger partial charge in [-0.2, -0.15) is 8.42 Å². The van der Waals surface area contributed by atoms with Gasteiger partial charge >= 0.3 is 0 Å². The second kappa shape index (κ2) is 11.0. The van der Waals surface area contributed by atoms with E-state index >= 15 is 0 Å². The molecule has 2 heterocycles. The van der Waals surface area contributed by atoms with Crippen molar-refractivity contribution >= 4 is 44.4 Å². The van der Waals surface area contributed by atoms with Gasteiger partial charge in [-0.3, -0.25) is 8.98 Å². The van der Waals surface area contributed by atoms with Gasteiger partial charge in [-0.05, 0) is 53.9 Å². The summed E-state index contributed by atoms with van der Waals surface area (Å²) in [6, 6.07) is 22.3. The molecule has 0 bridgehead atoms. The lowest BCUT2D eigenvalue weighted by Gasteiger charge is -2.29. The number of hydrogen-bond acceptors (Lipinski definition) is 7. The first-order valence-corrected chi connectivity index (χ1v) is 14.2. The van der Waals surface area contributed by atoms with Crippen LogP contribution in [0.1, 0.15) is 25.0 Å². The van der Waals surface area contributed by atoms with Crippen molar-refractivity contribution in [2.75, 3.05) is 48.3 Å². The molecular formula is C29H32N4O4S. The molecule has 38 heavy (non-hydrogen) atoms. The zero-order valence-corrected chi connectivity index (χ0v) is 22.3. The van der Waals surface area contributed by atoms with Crippen molar-refractivity contribution in [2.24, 2.45) is 5.92 Å². The number of anilines is 3. The Kier molecular flexibility index (Phi) is 7.51. The van der Waals surface area contributed by atoms with E-state index in [0.29, 0.717) is 22.5 Å². The van der Waals surface area contributed by atoms with Crippen LogP contribution in [0.15, 0.2) is 77.7 Å². The van der Waals surface area contributed by atoms with E-state index in [4.69, 9.17) is 4.18 Å². The van der Waals surface area contributed by atoms with Crippen molar-refractivity contribution in [3.05, 3.63) is 83.9 Å². The number of rotatable bonds is 8. The van der Waals surface area contributed by atoms with Gasteiger partial charge in [0.2, 0.25) is 0 Å². The van der Waals surface area contributed by atoms with E-state index in [1.54, 1.807) is 6.07 Å². The van der Waals surface area contributed by atoms with E-state index in [-0.39, 0.29) is 23.3 Å². The van der Waals surface area contributed by atoms with Crippen molar-refractivity contribution in [2.45, 2.75) is 18.7 Å².